The van der Waals surface area contributed by atoms with Crippen LogP contribution in [0.5, 0.6) is 0 Å². The van der Waals surface area contributed by atoms with Crippen LogP contribution in [0.2, 0.25) is 0 Å². The first kappa shape index (κ1) is 13.8. The largest absolute Gasteiger partial charge is 0.424 e. The summed E-state index contributed by atoms with van der Waals surface area (Å²) < 4.78 is 7.69. The predicted octanol–water partition coefficient (Wildman–Crippen LogP) is 0.707. The fourth-order valence-corrected chi connectivity index (χ4v) is 3.14. The molecule has 1 saturated heterocycles. The molecule has 1 aliphatic carbocycles. The van der Waals surface area contributed by atoms with Gasteiger partial charge in [-0.3, -0.25) is 9.30 Å². The third-order valence-corrected chi connectivity index (χ3v) is 4.65. The number of anilines is 1. The lowest BCUT2D eigenvalue weighted by Crippen LogP contribution is -2.46. The highest BCUT2D eigenvalue weighted by molar-refractivity contribution is 5.46. The standard InChI is InChI=1S/C15H18N8O/c1-2-11(1)14-19-18-12(24-14)9-21-5-7-22(8-6-21)13-3-4-16-15-20-17-10-23(13)15/h3-4,10-11H,1-2,5-9H2. The highest BCUT2D eigenvalue weighted by atomic mass is 16.4. The first-order chi connectivity index (χ1) is 11.9. The van der Waals surface area contributed by atoms with E-state index in [0.29, 0.717) is 11.7 Å². The minimum absolute atomic E-state index is 0.515. The summed E-state index contributed by atoms with van der Waals surface area (Å²) in [4.78, 5) is 8.90. The van der Waals surface area contributed by atoms with Crippen LogP contribution in [-0.2, 0) is 6.54 Å². The van der Waals surface area contributed by atoms with Gasteiger partial charge in [-0.1, -0.05) is 0 Å². The van der Waals surface area contributed by atoms with Crippen LogP contribution in [0.15, 0.2) is 23.0 Å². The van der Waals surface area contributed by atoms with Crippen LogP contribution in [-0.4, -0.2) is 60.9 Å². The van der Waals surface area contributed by atoms with Crippen LogP contribution < -0.4 is 4.90 Å². The number of rotatable bonds is 4. The maximum atomic E-state index is 5.76. The number of piperazine rings is 1. The SMILES string of the molecule is c1cc(N2CCN(Cc3nnc(C4CC4)o3)CC2)n2cnnc2n1. The van der Waals surface area contributed by atoms with Crippen molar-refractivity contribution in [3.63, 3.8) is 0 Å². The van der Waals surface area contributed by atoms with Gasteiger partial charge in [-0.2, -0.15) is 0 Å². The van der Waals surface area contributed by atoms with E-state index in [1.165, 1.54) is 12.8 Å². The van der Waals surface area contributed by atoms with Gasteiger partial charge in [0.1, 0.15) is 12.1 Å². The Bertz CT molecular complexity index is 846. The van der Waals surface area contributed by atoms with Gasteiger partial charge in [0.05, 0.1) is 6.54 Å². The summed E-state index contributed by atoms with van der Waals surface area (Å²) in [5.74, 6) is 3.78. The lowest BCUT2D eigenvalue weighted by atomic mass is 10.3. The molecule has 3 aromatic heterocycles. The van der Waals surface area contributed by atoms with Crippen molar-refractivity contribution in [2.75, 3.05) is 31.1 Å². The third kappa shape index (κ3) is 2.50. The van der Waals surface area contributed by atoms with Gasteiger partial charge < -0.3 is 9.32 Å². The average molecular weight is 326 g/mol. The smallest absolute Gasteiger partial charge is 0.256 e. The second-order valence-electron chi connectivity index (χ2n) is 6.38. The molecular weight excluding hydrogens is 308 g/mol. The molecule has 0 aromatic carbocycles. The van der Waals surface area contributed by atoms with Crippen molar-refractivity contribution in [2.24, 2.45) is 0 Å². The molecule has 0 N–H and O–H groups in total. The van der Waals surface area contributed by atoms with Gasteiger partial charge >= 0.3 is 0 Å². The summed E-state index contributed by atoms with van der Waals surface area (Å²) in [5, 5.41) is 16.3. The molecule has 9 heteroatoms. The van der Waals surface area contributed by atoms with Gasteiger partial charge in [0, 0.05) is 38.3 Å². The highest BCUT2D eigenvalue weighted by Crippen LogP contribution is 2.39. The summed E-state index contributed by atoms with van der Waals surface area (Å²) >= 11 is 0. The Balaban J connectivity index is 1.24. The van der Waals surface area contributed by atoms with E-state index in [1.54, 1.807) is 12.5 Å². The topological polar surface area (TPSA) is 88.5 Å². The molecule has 4 heterocycles. The quantitative estimate of drug-likeness (QED) is 0.692. The van der Waals surface area contributed by atoms with Crippen molar-refractivity contribution in [3.8, 4) is 0 Å². The maximum absolute atomic E-state index is 5.76. The molecule has 0 spiro atoms. The summed E-state index contributed by atoms with van der Waals surface area (Å²) in [5.41, 5.74) is 0. The Morgan fingerprint density at radius 1 is 1.08 bits per heavy atom. The van der Waals surface area contributed by atoms with Crippen molar-refractivity contribution in [1.82, 2.24) is 34.7 Å². The van der Waals surface area contributed by atoms with Gasteiger partial charge in [0.15, 0.2) is 0 Å². The van der Waals surface area contributed by atoms with E-state index in [-0.39, 0.29) is 0 Å². The van der Waals surface area contributed by atoms with Crippen molar-refractivity contribution in [3.05, 3.63) is 30.4 Å². The van der Waals surface area contributed by atoms with Crippen molar-refractivity contribution < 1.29 is 4.42 Å². The second-order valence-corrected chi connectivity index (χ2v) is 6.38. The number of hydrogen-bond acceptors (Lipinski definition) is 8. The Kier molecular flexibility index (Phi) is 3.18. The van der Waals surface area contributed by atoms with E-state index in [0.717, 1.165) is 50.3 Å². The van der Waals surface area contributed by atoms with E-state index < -0.39 is 0 Å². The van der Waals surface area contributed by atoms with Crippen molar-refractivity contribution >= 4 is 11.6 Å². The van der Waals surface area contributed by atoms with Crippen molar-refractivity contribution in [2.45, 2.75) is 25.3 Å². The van der Waals surface area contributed by atoms with Gasteiger partial charge in [-0.25, -0.2) is 4.98 Å². The van der Waals surface area contributed by atoms with E-state index in [1.807, 2.05) is 10.5 Å². The minimum Gasteiger partial charge on any atom is -0.424 e. The zero-order valence-corrected chi connectivity index (χ0v) is 13.2. The van der Waals surface area contributed by atoms with E-state index in [4.69, 9.17) is 4.42 Å². The lowest BCUT2D eigenvalue weighted by molar-refractivity contribution is 0.223. The number of hydrogen-bond donors (Lipinski definition) is 0. The van der Waals surface area contributed by atoms with Crippen LogP contribution in [0.1, 0.15) is 30.5 Å². The van der Waals surface area contributed by atoms with Gasteiger partial charge in [0.2, 0.25) is 11.8 Å². The van der Waals surface area contributed by atoms with Crippen LogP contribution in [0.25, 0.3) is 5.78 Å². The molecule has 2 aliphatic rings. The normalized spacial score (nSPS) is 19.2. The molecule has 0 amide bonds. The molecule has 5 rings (SSSR count). The molecule has 0 unspecified atom stereocenters. The minimum atomic E-state index is 0.515. The predicted molar refractivity (Wildman–Crippen MR) is 84.5 cm³/mol. The lowest BCUT2D eigenvalue weighted by Gasteiger charge is -2.35. The molecular formula is C15H18N8O. The van der Waals surface area contributed by atoms with E-state index >= 15 is 0 Å². The second kappa shape index (κ2) is 5.52. The zero-order valence-electron chi connectivity index (χ0n) is 13.2. The summed E-state index contributed by atoms with van der Waals surface area (Å²) in [6.07, 6.45) is 5.86. The number of nitrogens with zero attached hydrogens (tertiary/aromatic N) is 8. The van der Waals surface area contributed by atoms with E-state index in [9.17, 15) is 0 Å². The van der Waals surface area contributed by atoms with E-state index in [2.05, 4.69) is 35.2 Å². The van der Waals surface area contributed by atoms with Crippen LogP contribution in [0.3, 0.4) is 0 Å². The number of aromatic nitrogens is 6. The van der Waals surface area contributed by atoms with Crippen molar-refractivity contribution in [1.29, 1.82) is 0 Å². The summed E-state index contributed by atoms with van der Waals surface area (Å²) in [6.45, 7) is 4.49. The van der Waals surface area contributed by atoms with Crippen LogP contribution >= 0.6 is 0 Å². The molecule has 0 bridgehead atoms. The summed E-state index contributed by atoms with van der Waals surface area (Å²) in [7, 11) is 0. The molecule has 2 fully saturated rings. The molecule has 1 saturated carbocycles. The zero-order chi connectivity index (χ0) is 15.9. The van der Waals surface area contributed by atoms with Gasteiger partial charge in [-0.05, 0) is 18.9 Å². The molecule has 124 valence electrons. The molecule has 9 nitrogen and oxygen atoms in total. The first-order valence-corrected chi connectivity index (χ1v) is 8.31. The van der Waals surface area contributed by atoms with Crippen LogP contribution in [0, 0.1) is 0 Å². The van der Waals surface area contributed by atoms with Gasteiger partial charge in [-0.15, -0.1) is 20.4 Å². The average Bonchev–Trinajstić information content (AvgIpc) is 3.17. The Labute approximate surface area is 138 Å². The fraction of sp³-hybridized carbons (Fsp3) is 0.533. The fourth-order valence-electron chi connectivity index (χ4n) is 3.14. The molecule has 24 heavy (non-hydrogen) atoms. The van der Waals surface area contributed by atoms with Crippen LogP contribution in [0.4, 0.5) is 5.82 Å². The molecule has 3 aromatic rings. The summed E-state index contributed by atoms with van der Waals surface area (Å²) in [6, 6.07) is 2.01. The van der Waals surface area contributed by atoms with Gasteiger partial charge in [0.25, 0.3) is 5.78 Å². The molecule has 0 radical (unpaired) electrons. The molecule has 1 aliphatic heterocycles. The maximum Gasteiger partial charge on any atom is 0.256 e. The monoisotopic (exact) mass is 326 g/mol. The number of fused-ring (bicyclic) bond motifs is 1. The Hall–Kier alpha value is -2.55. The Morgan fingerprint density at radius 3 is 2.79 bits per heavy atom. The third-order valence-electron chi connectivity index (χ3n) is 4.65. The Morgan fingerprint density at radius 2 is 1.96 bits per heavy atom. The first-order valence-electron chi connectivity index (χ1n) is 8.31. The highest BCUT2D eigenvalue weighted by Gasteiger charge is 2.30. The molecule has 0 atom stereocenters.